The number of nitrogens with zero attached hydrogens (tertiary/aromatic N) is 3. The molecule has 1 aromatic heterocycles. The van der Waals surface area contributed by atoms with Crippen LogP contribution < -0.4 is 10.2 Å². The summed E-state index contributed by atoms with van der Waals surface area (Å²) in [5.74, 6) is 0.559. The van der Waals surface area contributed by atoms with E-state index in [0.717, 1.165) is 35.6 Å². The molecule has 0 saturated carbocycles. The van der Waals surface area contributed by atoms with E-state index in [-0.39, 0.29) is 5.91 Å². The van der Waals surface area contributed by atoms with Crippen molar-refractivity contribution in [3.05, 3.63) is 46.3 Å². The lowest BCUT2D eigenvalue weighted by molar-refractivity contribution is 0.102. The van der Waals surface area contributed by atoms with E-state index in [0.29, 0.717) is 30.4 Å². The van der Waals surface area contributed by atoms with Crippen molar-refractivity contribution >= 4 is 17.5 Å². The molecular weight excluding hydrogens is 316 g/mol. The van der Waals surface area contributed by atoms with Crippen LogP contribution in [0.1, 0.15) is 32.9 Å². The number of anilines is 2. The lowest BCUT2D eigenvalue weighted by Gasteiger charge is -2.27. The minimum atomic E-state index is -0.138. The fraction of sp³-hybridized carbons (Fsp3) is 0.421. The number of rotatable bonds is 3. The lowest BCUT2D eigenvalue weighted by Crippen LogP contribution is -2.37. The second kappa shape index (κ2) is 7.19. The Labute approximate surface area is 148 Å². The number of benzene rings is 1. The first kappa shape index (κ1) is 17.4. The van der Waals surface area contributed by atoms with Gasteiger partial charge in [0.2, 0.25) is 5.95 Å². The van der Waals surface area contributed by atoms with Crippen molar-refractivity contribution in [3.63, 3.8) is 0 Å². The monoisotopic (exact) mass is 340 g/mol. The van der Waals surface area contributed by atoms with Crippen LogP contribution in [0.25, 0.3) is 0 Å². The Morgan fingerprint density at radius 3 is 2.12 bits per heavy atom. The second-order valence-electron chi connectivity index (χ2n) is 6.50. The topological polar surface area (TPSA) is 67.4 Å². The van der Waals surface area contributed by atoms with Crippen LogP contribution in [0.15, 0.2) is 18.2 Å². The van der Waals surface area contributed by atoms with Crippen LogP contribution in [-0.4, -0.2) is 42.2 Å². The molecule has 25 heavy (non-hydrogen) atoms. The van der Waals surface area contributed by atoms with Crippen molar-refractivity contribution in [2.45, 2.75) is 27.7 Å². The molecule has 1 aliphatic heterocycles. The largest absolute Gasteiger partial charge is 0.378 e. The van der Waals surface area contributed by atoms with Gasteiger partial charge in [-0.3, -0.25) is 4.79 Å². The summed E-state index contributed by atoms with van der Waals surface area (Å²) < 4.78 is 5.37. The summed E-state index contributed by atoms with van der Waals surface area (Å²) in [4.78, 5) is 23.9. The van der Waals surface area contributed by atoms with E-state index < -0.39 is 0 Å². The van der Waals surface area contributed by atoms with Crippen molar-refractivity contribution in [2.75, 3.05) is 36.5 Å². The van der Waals surface area contributed by atoms with E-state index in [9.17, 15) is 4.79 Å². The average molecular weight is 340 g/mol. The summed E-state index contributed by atoms with van der Waals surface area (Å²) in [7, 11) is 0. The van der Waals surface area contributed by atoms with E-state index in [1.807, 2.05) is 45.9 Å². The molecule has 1 saturated heterocycles. The molecule has 132 valence electrons. The zero-order chi connectivity index (χ0) is 18.0. The number of hydrogen-bond acceptors (Lipinski definition) is 5. The number of ether oxygens (including phenoxy) is 1. The fourth-order valence-corrected chi connectivity index (χ4v) is 3.08. The van der Waals surface area contributed by atoms with E-state index in [2.05, 4.69) is 20.2 Å². The molecule has 0 bridgehead atoms. The van der Waals surface area contributed by atoms with Crippen LogP contribution in [-0.2, 0) is 4.74 Å². The van der Waals surface area contributed by atoms with Crippen LogP contribution in [0, 0.1) is 27.7 Å². The van der Waals surface area contributed by atoms with E-state index in [4.69, 9.17) is 4.74 Å². The average Bonchev–Trinajstić information content (AvgIpc) is 2.57. The van der Waals surface area contributed by atoms with Crippen LogP contribution >= 0.6 is 0 Å². The lowest BCUT2D eigenvalue weighted by atomic mass is 10.1. The van der Waals surface area contributed by atoms with Crippen LogP contribution in [0.4, 0.5) is 11.6 Å². The van der Waals surface area contributed by atoms with Gasteiger partial charge in [0.25, 0.3) is 5.91 Å². The van der Waals surface area contributed by atoms with Gasteiger partial charge in [-0.05, 0) is 39.8 Å². The number of aromatic nitrogens is 2. The molecule has 0 radical (unpaired) electrons. The second-order valence-corrected chi connectivity index (χ2v) is 6.50. The van der Waals surface area contributed by atoms with Gasteiger partial charge >= 0.3 is 0 Å². The molecule has 2 heterocycles. The molecule has 0 aliphatic carbocycles. The number of aryl methyl sites for hydroxylation is 4. The van der Waals surface area contributed by atoms with E-state index >= 15 is 0 Å². The molecule has 3 rings (SSSR count). The first-order valence-corrected chi connectivity index (χ1v) is 8.51. The van der Waals surface area contributed by atoms with Gasteiger partial charge in [0.15, 0.2) is 0 Å². The Morgan fingerprint density at radius 2 is 1.56 bits per heavy atom. The van der Waals surface area contributed by atoms with Crippen molar-refractivity contribution in [2.24, 2.45) is 0 Å². The molecule has 6 nitrogen and oxygen atoms in total. The number of amides is 1. The Hall–Kier alpha value is -2.47. The van der Waals surface area contributed by atoms with Crippen molar-refractivity contribution in [3.8, 4) is 0 Å². The highest BCUT2D eigenvalue weighted by Crippen LogP contribution is 2.22. The number of carbonyl (C=O) groups excluding carboxylic acids is 1. The third kappa shape index (κ3) is 3.96. The normalized spacial score (nSPS) is 14.5. The number of carbonyl (C=O) groups is 1. The highest BCUT2D eigenvalue weighted by molar-refractivity contribution is 6.05. The van der Waals surface area contributed by atoms with Crippen LogP contribution in [0.3, 0.4) is 0 Å². The third-order valence-electron chi connectivity index (χ3n) is 4.28. The summed E-state index contributed by atoms with van der Waals surface area (Å²) in [6.07, 6.45) is 0. The Kier molecular flexibility index (Phi) is 4.99. The quantitative estimate of drug-likeness (QED) is 0.930. The van der Waals surface area contributed by atoms with E-state index in [1.165, 1.54) is 0 Å². The Balaban J connectivity index is 1.83. The molecule has 2 aromatic rings. The third-order valence-corrected chi connectivity index (χ3v) is 4.28. The minimum Gasteiger partial charge on any atom is -0.378 e. The van der Waals surface area contributed by atoms with Gasteiger partial charge in [0, 0.05) is 18.7 Å². The molecule has 0 spiro atoms. The van der Waals surface area contributed by atoms with Gasteiger partial charge in [0.1, 0.15) is 0 Å². The molecule has 1 amide bonds. The summed E-state index contributed by atoms with van der Waals surface area (Å²) in [5, 5.41) is 2.97. The molecule has 1 fully saturated rings. The molecule has 0 atom stereocenters. The molecule has 1 N–H and O–H groups in total. The van der Waals surface area contributed by atoms with Gasteiger partial charge in [-0.15, -0.1) is 0 Å². The predicted octanol–water partition coefficient (Wildman–Crippen LogP) is 2.80. The minimum absolute atomic E-state index is 0.138. The van der Waals surface area contributed by atoms with Gasteiger partial charge in [-0.2, -0.15) is 0 Å². The van der Waals surface area contributed by atoms with Gasteiger partial charge in [-0.25, -0.2) is 9.97 Å². The maximum absolute atomic E-state index is 12.6. The van der Waals surface area contributed by atoms with Crippen molar-refractivity contribution < 1.29 is 9.53 Å². The molecule has 6 heteroatoms. The SMILES string of the molecule is Cc1cc(C)cc(C(=O)Nc2c(C)nc(N3CCOCC3)nc2C)c1. The van der Waals surface area contributed by atoms with Gasteiger partial charge in [0.05, 0.1) is 30.3 Å². The molecule has 1 aromatic carbocycles. The maximum Gasteiger partial charge on any atom is 0.255 e. The highest BCUT2D eigenvalue weighted by atomic mass is 16.5. The standard InChI is InChI=1S/C19H24N4O2/c1-12-9-13(2)11-16(10-12)18(24)22-17-14(3)20-19(21-15(17)4)23-5-7-25-8-6-23/h9-11H,5-8H2,1-4H3,(H,22,24). The maximum atomic E-state index is 12.6. The Bertz CT molecular complexity index is 755. The number of morpholine rings is 1. The van der Waals surface area contributed by atoms with Crippen molar-refractivity contribution in [1.29, 1.82) is 0 Å². The first-order chi connectivity index (χ1) is 11.9. The van der Waals surface area contributed by atoms with Gasteiger partial charge in [-0.1, -0.05) is 17.2 Å². The van der Waals surface area contributed by atoms with Gasteiger partial charge < -0.3 is 15.0 Å². The summed E-state index contributed by atoms with van der Waals surface area (Å²) in [6, 6.07) is 5.82. The van der Waals surface area contributed by atoms with E-state index in [1.54, 1.807) is 0 Å². The zero-order valence-electron chi connectivity index (χ0n) is 15.2. The first-order valence-electron chi connectivity index (χ1n) is 8.51. The molecule has 1 aliphatic rings. The summed E-state index contributed by atoms with van der Waals surface area (Å²) in [5.41, 5.74) is 5.00. The van der Waals surface area contributed by atoms with Crippen LogP contribution in [0.2, 0.25) is 0 Å². The summed E-state index contributed by atoms with van der Waals surface area (Å²) in [6.45, 7) is 10.7. The number of nitrogens with one attached hydrogen (secondary N) is 1. The molecule has 0 unspecified atom stereocenters. The van der Waals surface area contributed by atoms with Crippen LogP contribution in [0.5, 0.6) is 0 Å². The summed E-state index contributed by atoms with van der Waals surface area (Å²) >= 11 is 0. The Morgan fingerprint density at radius 1 is 1.00 bits per heavy atom. The highest BCUT2D eigenvalue weighted by Gasteiger charge is 2.18. The fourth-order valence-electron chi connectivity index (χ4n) is 3.08. The number of hydrogen-bond donors (Lipinski definition) is 1. The molecular formula is C19H24N4O2. The van der Waals surface area contributed by atoms with Crippen molar-refractivity contribution in [1.82, 2.24) is 9.97 Å². The smallest absolute Gasteiger partial charge is 0.255 e. The predicted molar refractivity (Wildman–Crippen MR) is 98.4 cm³/mol. The zero-order valence-corrected chi connectivity index (χ0v) is 15.2.